The lowest BCUT2D eigenvalue weighted by Gasteiger charge is -2.23. The lowest BCUT2D eigenvalue weighted by Crippen LogP contribution is -2.23. The third-order valence-corrected chi connectivity index (χ3v) is 5.25. The zero-order valence-corrected chi connectivity index (χ0v) is 19.2. The number of carbonyl (C=O) groups excluding carboxylic acids is 2. The van der Waals surface area contributed by atoms with Crippen molar-refractivity contribution in [2.75, 3.05) is 7.11 Å². The summed E-state index contributed by atoms with van der Waals surface area (Å²) >= 11 is 0. The SMILES string of the molecule is COC(=O)/C=C/c1ccc(OCc2ccccc2)cc1OC(CCC(=O)[O-])c1ccccc1C. The molecule has 34 heavy (non-hydrogen) atoms. The maximum absolute atomic E-state index is 11.6. The standard InChI is InChI=1S/C28H28O6/c1-20-8-6-7-11-24(20)25(15-16-27(29)30)34-26-18-23(33-19-21-9-4-3-5-10-21)14-12-22(26)13-17-28(31)32-2/h3-14,17-18,25H,15-16,19H2,1-2H3,(H,29,30)/p-1/b17-13+. The highest BCUT2D eigenvalue weighted by Gasteiger charge is 2.18. The van der Waals surface area contributed by atoms with Gasteiger partial charge in [0.1, 0.15) is 24.2 Å². The highest BCUT2D eigenvalue weighted by molar-refractivity contribution is 5.87. The number of esters is 1. The Balaban J connectivity index is 1.92. The molecule has 6 heteroatoms. The summed E-state index contributed by atoms with van der Waals surface area (Å²) in [5.74, 6) is -0.606. The molecule has 0 radical (unpaired) electrons. The van der Waals surface area contributed by atoms with Crippen LogP contribution in [0.4, 0.5) is 0 Å². The second-order valence-electron chi connectivity index (χ2n) is 7.70. The number of aliphatic carboxylic acids is 1. The topological polar surface area (TPSA) is 84.9 Å². The normalized spacial score (nSPS) is 11.7. The Kier molecular flexibility index (Phi) is 8.86. The van der Waals surface area contributed by atoms with Crippen LogP contribution in [-0.2, 0) is 20.9 Å². The summed E-state index contributed by atoms with van der Waals surface area (Å²) in [5, 5.41) is 11.2. The van der Waals surface area contributed by atoms with Gasteiger partial charge in [0, 0.05) is 23.7 Å². The molecule has 0 fully saturated rings. The van der Waals surface area contributed by atoms with Crippen molar-refractivity contribution in [3.05, 3.63) is 101 Å². The van der Waals surface area contributed by atoms with Crippen molar-refractivity contribution < 1.29 is 28.9 Å². The maximum atomic E-state index is 11.6. The van der Waals surface area contributed by atoms with Crippen LogP contribution in [0.2, 0.25) is 0 Å². The third kappa shape index (κ3) is 7.24. The first kappa shape index (κ1) is 24.6. The van der Waals surface area contributed by atoms with E-state index in [9.17, 15) is 14.7 Å². The minimum atomic E-state index is -1.15. The molecule has 0 amide bonds. The molecule has 3 aromatic rings. The van der Waals surface area contributed by atoms with E-state index >= 15 is 0 Å². The Morgan fingerprint density at radius 3 is 2.44 bits per heavy atom. The smallest absolute Gasteiger partial charge is 0.330 e. The zero-order valence-electron chi connectivity index (χ0n) is 19.2. The molecule has 0 heterocycles. The van der Waals surface area contributed by atoms with Gasteiger partial charge in [-0.3, -0.25) is 0 Å². The van der Waals surface area contributed by atoms with E-state index in [0.717, 1.165) is 16.7 Å². The van der Waals surface area contributed by atoms with Crippen LogP contribution < -0.4 is 14.6 Å². The van der Waals surface area contributed by atoms with Crippen molar-refractivity contribution in [3.63, 3.8) is 0 Å². The van der Waals surface area contributed by atoms with Crippen LogP contribution in [0, 0.1) is 6.92 Å². The van der Waals surface area contributed by atoms with Gasteiger partial charge in [0.25, 0.3) is 0 Å². The number of hydrogen-bond acceptors (Lipinski definition) is 6. The van der Waals surface area contributed by atoms with Crippen molar-refractivity contribution in [2.24, 2.45) is 0 Å². The number of hydrogen-bond donors (Lipinski definition) is 0. The van der Waals surface area contributed by atoms with E-state index in [4.69, 9.17) is 14.2 Å². The lowest BCUT2D eigenvalue weighted by atomic mass is 9.99. The molecule has 0 saturated carbocycles. The zero-order chi connectivity index (χ0) is 24.3. The fourth-order valence-corrected chi connectivity index (χ4v) is 3.44. The predicted octanol–water partition coefficient (Wildman–Crippen LogP) is 4.41. The molecule has 1 atom stereocenters. The Labute approximate surface area is 199 Å². The van der Waals surface area contributed by atoms with E-state index in [0.29, 0.717) is 23.7 Å². The average molecular weight is 460 g/mol. The highest BCUT2D eigenvalue weighted by Crippen LogP contribution is 2.33. The van der Waals surface area contributed by atoms with Gasteiger partial charge in [-0.1, -0.05) is 54.6 Å². The maximum Gasteiger partial charge on any atom is 0.330 e. The first-order valence-corrected chi connectivity index (χ1v) is 10.9. The summed E-state index contributed by atoms with van der Waals surface area (Å²) in [6, 6.07) is 22.7. The number of aryl methyl sites for hydroxylation is 1. The summed E-state index contributed by atoms with van der Waals surface area (Å²) in [7, 11) is 1.30. The molecule has 0 aliphatic carbocycles. The first-order valence-electron chi connectivity index (χ1n) is 10.9. The lowest BCUT2D eigenvalue weighted by molar-refractivity contribution is -0.306. The largest absolute Gasteiger partial charge is 0.550 e. The minimum Gasteiger partial charge on any atom is -0.550 e. The molecular formula is C28H27O6-. The van der Waals surface area contributed by atoms with Crippen LogP contribution >= 0.6 is 0 Å². The van der Waals surface area contributed by atoms with Crippen LogP contribution in [-0.4, -0.2) is 19.0 Å². The van der Waals surface area contributed by atoms with Gasteiger partial charge in [-0.2, -0.15) is 0 Å². The Hall–Kier alpha value is -4.06. The number of carbonyl (C=O) groups is 2. The molecule has 6 nitrogen and oxygen atoms in total. The van der Waals surface area contributed by atoms with Crippen molar-refractivity contribution in [3.8, 4) is 11.5 Å². The second-order valence-corrected chi connectivity index (χ2v) is 7.70. The molecule has 176 valence electrons. The number of carboxylic acid groups (broad SMARTS) is 1. The predicted molar refractivity (Wildman–Crippen MR) is 127 cm³/mol. The number of benzene rings is 3. The van der Waals surface area contributed by atoms with Gasteiger partial charge >= 0.3 is 5.97 Å². The van der Waals surface area contributed by atoms with Gasteiger partial charge in [-0.05, 0) is 54.7 Å². The van der Waals surface area contributed by atoms with Crippen molar-refractivity contribution in [1.29, 1.82) is 0 Å². The summed E-state index contributed by atoms with van der Waals surface area (Å²) < 4.78 is 17.0. The Morgan fingerprint density at radius 2 is 1.74 bits per heavy atom. The molecule has 3 rings (SSSR count). The minimum absolute atomic E-state index is 0.156. The van der Waals surface area contributed by atoms with Gasteiger partial charge < -0.3 is 24.1 Å². The molecule has 0 aliphatic heterocycles. The van der Waals surface area contributed by atoms with Gasteiger partial charge in [0.2, 0.25) is 0 Å². The van der Waals surface area contributed by atoms with Crippen LogP contribution in [0.3, 0.4) is 0 Å². The van der Waals surface area contributed by atoms with Gasteiger partial charge in [-0.15, -0.1) is 0 Å². The van der Waals surface area contributed by atoms with Crippen LogP contribution in [0.5, 0.6) is 11.5 Å². The molecule has 0 bridgehead atoms. The molecular weight excluding hydrogens is 432 g/mol. The van der Waals surface area contributed by atoms with Crippen molar-refractivity contribution in [1.82, 2.24) is 0 Å². The van der Waals surface area contributed by atoms with E-state index < -0.39 is 18.0 Å². The van der Waals surface area contributed by atoms with Crippen LogP contribution in [0.25, 0.3) is 6.08 Å². The quantitative estimate of drug-likeness (QED) is 0.312. The summed E-state index contributed by atoms with van der Waals surface area (Å²) in [6.07, 6.45) is 2.43. The Bertz CT molecular complexity index is 1140. The summed E-state index contributed by atoms with van der Waals surface area (Å²) in [4.78, 5) is 22.8. The van der Waals surface area contributed by atoms with E-state index in [-0.39, 0.29) is 12.8 Å². The van der Waals surface area contributed by atoms with Gasteiger partial charge in [-0.25, -0.2) is 4.79 Å². The third-order valence-electron chi connectivity index (χ3n) is 5.25. The Morgan fingerprint density at radius 1 is 1.00 bits per heavy atom. The molecule has 0 aromatic heterocycles. The molecule has 0 spiro atoms. The van der Waals surface area contributed by atoms with Gasteiger partial charge in [0.05, 0.1) is 7.11 Å². The number of methoxy groups -OCH3 is 1. The summed E-state index contributed by atoms with van der Waals surface area (Å²) in [6.45, 7) is 2.33. The number of carboxylic acids is 1. The van der Waals surface area contributed by atoms with Crippen LogP contribution in [0.1, 0.15) is 41.2 Å². The van der Waals surface area contributed by atoms with E-state index in [1.807, 2.05) is 61.5 Å². The molecule has 0 aliphatic rings. The van der Waals surface area contributed by atoms with E-state index in [1.54, 1.807) is 24.3 Å². The van der Waals surface area contributed by atoms with Crippen molar-refractivity contribution >= 4 is 18.0 Å². The average Bonchev–Trinajstić information content (AvgIpc) is 2.85. The molecule has 3 aromatic carbocycles. The van der Waals surface area contributed by atoms with E-state index in [2.05, 4.69) is 0 Å². The highest BCUT2D eigenvalue weighted by atomic mass is 16.5. The van der Waals surface area contributed by atoms with Crippen LogP contribution in [0.15, 0.2) is 78.9 Å². The molecule has 0 saturated heterocycles. The number of ether oxygens (including phenoxy) is 3. The summed E-state index contributed by atoms with van der Waals surface area (Å²) in [5.41, 5.74) is 3.51. The first-order chi connectivity index (χ1) is 16.5. The monoisotopic (exact) mass is 459 g/mol. The fourth-order valence-electron chi connectivity index (χ4n) is 3.44. The second kappa shape index (κ2) is 12.3. The van der Waals surface area contributed by atoms with E-state index in [1.165, 1.54) is 13.2 Å². The molecule has 0 N–H and O–H groups in total. The number of rotatable bonds is 11. The van der Waals surface area contributed by atoms with Crippen molar-refractivity contribution in [2.45, 2.75) is 32.5 Å². The fraction of sp³-hybridized carbons (Fsp3) is 0.214. The molecule has 1 unspecified atom stereocenters. The van der Waals surface area contributed by atoms with Gasteiger partial charge in [0.15, 0.2) is 0 Å².